The highest BCUT2D eigenvalue weighted by molar-refractivity contribution is 5.90. The van der Waals surface area contributed by atoms with Gasteiger partial charge in [0.25, 0.3) is 0 Å². The molecule has 0 amide bonds. The van der Waals surface area contributed by atoms with E-state index >= 15 is 0 Å². The molecule has 0 unspecified atom stereocenters. The lowest BCUT2D eigenvalue weighted by Gasteiger charge is -2.29. The standard InChI is InChI=1S/C11H15N3O2/c12-9-5-8(11(15)16)6-10(7-9)14-3-1-13-2-4-14/h5-7,13H,1-4,12H2,(H,15,16). The maximum Gasteiger partial charge on any atom is 0.335 e. The first kappa shape index (κ1) is 10.8. The molecule has 0 atom stereocenters. The van der Waals surface area contributed by atoms with E-state index in [1.54, 1.807) is 6.07 Å². The van der Waals surface area contributed by atoms with Gasteiger partial charge in [0, 0.05) is 37.6 Å². The van der Waals surface area contributed by atoms with Gasteiger partial charge in [0.15, 0.2) is 0 Å². The lowest BCUT2D eigenvalue weighted by Crippen LogP contribution is -2.43. The predicted octanol–water partition coefficient (Wildman–Crippen LogP) is 0.377. The van der Waals surface area contributed by atoms with Crippen LogP contribution in [0.3, 0.4) is 0 Å². The van der Waals surface area contributed by atoms with Gasteiger partial charge in [-0.3, -0.25) is 0 Å². The van der Waals surface area contributed by atoms with Crippen LogP contribution in [-0.2, 0) is 0 Å². The van der Waals surface area contributed by atoms with Crippen LogP contribution >= 0.6 is 0 Å². The van der Waals surface area contributed by atoms with Gasteiger partial charge in [0.1, 0.15) is 0 Å². The number of nitrogens with two attached hydrogens (primary N) is 1. The molecule has 0 bridgehead atoms. The molecule has 1 aromatic rings. The van der Waals surface area contributed by atoms with E-state index in [0.717, 1.165) is 31.9 Å². The molecule has 4 N–H and O–H groups in total. The second kappa shape index (κ2) is 4.40. The molecule has 1 fully saturated rings. The Labute approximate surface area is 93.9 Å². The van der Waals surface area contributed by atoms with E-state index in [9.17, 15) is 4.79 Å². The molecule has 1 saturated heterocycles. The summed E-state index contributed by atoms with van der Waals surface area (Å²) in [6.45, 7) is 3.58. The SMILES string of the molecule is Nc1cc(C(=O)O)cc(N2CCNCC2)c1. The number of nitrogen functional groups attached to an aromatic ring is 1. The first-order valence-corrected chi connectivity index (χ1v) is 5.26. The van der Waals surface area contributed by atoms with Crippen molar-refractivity contribution in [3.63, 3.8) is 0 Å². The van der Waals surface area contributed by atoms with Crippen molar-refractivity contribution in [2.75, 3.05) is 36.8 Å². The number of anilines is 2. The van der Waals surface area contributed by atoms with Crippen molar-refractivity contribution < 1.29 is 9.90 Å². The summed E-state index contributed by atoms with van der Waals surface area (Å²) in [4.78, 5) is 13.0. The summed E-state index contributed by atoms with van der Waals surface area (Å²) in [6.07, 6.45) is 0. The van der Waals surface area contributed by atoms with Crippen molar-refractivity contribution in [1.82, 2.24) is 5.32 Å². The minimum Gasteiger partial charge on any atom is -0.478 e. The van der Waals surface area contributed by atoms with Gasteiger partial charge in [-0.1, -0.05) is 0 Å². The molecule has 1 heterocycles. The Hall–Kier alpha value is -1.75. The van der Waals surface area contributed by atoms with Gasteiger partial charge >= 0.3 is 5.97 Å². The van der Waals surface area contributed by atoms with Gasteiger partial charge in [0.2, 0.25) is 0 Å². The van der Waals surface area contributed by atoms with E-state index in [1.807, 2.05) is 6.07 Å². The van der Waals surface area contributed by atoms with Gasteiger partial charge < -0.3 is 21.1 Å². The quantitative estimate of drug-likeness (QED) is 0.629. The fourth-order valence-electron chi connectivity index (χ4n) is 1.86. The molecule has 0 aromatic heterocycles. The Morgan fingerprint density at radius 3 is 2.62 bits per heavy atom. The molecule has 0 saturated carbocycles. The Morgan fingerprint density at radius 2 is 2.00 bits per heavy atom. The summed E-state index contributed by atoms with van der Waals surface area (Å²) in [5, 5.41) is 12.2. The van der Waals surface area contributed by atoms with Crippen molar-refractivity contribution in [1.29, 1.82) is 0 Å². The summed E-state index contributed by atoms with van der Waals surface area (Å²) in [7, 11) is 0. The Kier molecular flexibility index (Phi) is 2.96. The topological polar surface area (TPSA) is 78.6 Å². The molecule has 86 valence electrons. The van der Waals surface area contributed by atoms with Crippen LogP contribution in [0.5, 0.6) is 0 Å². The molecule has 5 heteroatoms. The third-order valence-corrected chi connectivity index (χ3v) is 2.67. The minimum absolute atomic E-state index is 0.244. The number of rotatable bonds is 2. The van der Waals surface area contributed by atoms with E-state index in [4.69, 9.17) is 10.8 Å². The van der Waals surface area contributed by atoms with E-state index < -0.39 is 5.97 Å². The second-order valence-corrected chi connectivity index (χ2v) is 3.86. The summed E-state index contributed by atoms with van der Waals surface area (Å²) >= 11 is 0. The highest BCUT2D eigenvalue weighted by Gasteiger charge is 2.13. The molecule has 1 aliphatic heterocycles. The van der Waals surface area contributed by atoms with Crippen molar-refractivity contribution in [3.8, 4) is 0 Å². The lowest BCUT2D eigenvalue weighted by molar-refractivity contribution is 0.0697. The number of benzene rings is 1. The molecule has 0 spiro atoms. The van der Waals surface area contributed by atoms with Gasteiger partial charge in [-0.05, 0) is 18.2 Å². The Balaban J connectivity index is 2.28. The average molecular weight is 221 g/mol. The van der Waals surface area contributed by atoms with Crippen LogP contribution in [0.15, 0.2) is 18.2 Å². The van der Waals surface area contributed by atoms with Gasteiger partial charge in [-0.2, -0.15) is 0 Å². The van der Waals surface area contributed by atoms with Crippen LogP contribution in [0.25, 0.3) is 0 Å². The molecular formula is C11H15N3O2. The zero-order valence-corrected chi connectivity index (χ0v) is 8.94. The van der Waals surface area contributed by atoms with Gasteiger partial charge in [0.05, 0.1) is 5.56 Å². The van der Waals surface area contributed by atoms with Crippen LogP contribution in [0.4, 0.5) is 11.4 Å². The Morgan fingerprint density at radius 1 is 1.31 bits per heavy atom. The number of nitrogens with one attached hydrogen (secondary N) is 1. The smallest absolute Gasteiger partial charge is 0.335 e. The number of piperazine rings is 1. The van der Waals surface area contributed by atoms with Crippen molar-refractivity contribution >= 4 is 17.3 Å². The third kappa shape index (κ3) is 2.25. The largest absolute Gasteiger partial charge is 0.478 e. The molecule has 16 heavy (non-hydrogen) atoms. The van der Waals surface area contributed by atoms with Crippen molar-refractivity contribution in [3.05, 3.63) is 23.8 Å². The van der Waals surface area contributed by atoms with Crippen LogP contribution in [0.2, 0.25) is 0 Å². The van der Waals surface area contributed by atoms with E-state index in [0.29, 0.717) is 5.69 Å². The minimum atomic E-state index is -0.941. The summed E-state index contributed by atoms with van der Waals surface area (Å²) in [5.74, 6) is -0.941. The highest BCUT2D eigenvalue weighted by Crippen LogP contribution is 2.21. The molecule has 1 aromatic carbocycles. The van der Waals surface area contributed by atoms with Gasteiger partial charge in [-0.25, -0.2) is 4.79 Å². The predicted molar refractivity (Wildman–Crippen MR) is 62.9 cm³/mol. The molecule has 1 aliphatic rings. The molecule has 2 rings (SSSR count). The number of hydrogen-bond acceptors (Lipinski definition) is 4. The van der Waals surface area contributed by atoms with Crippen molar-refractivity contribution in [2.24, 2.45) is 0 Å². The van der Waals surface area contributed by atoms with E-state index in [2.05, 4.69) is 10.2 Å². The molecule has 0 aliphatic carbocycles. The molecule has 5 nitrogen and oxygen atoms in total. The second-order valence-electron chi connectivity index (χ2n) is 3.86. The van der Waals surface area contributed by atoms with E-state index in [-0.39, 0.29) is 5.56 Å². The number of carboxylic acids is 1. The van der Waals surface area contributed by atoms with E-state index in [1.165, 1.54) is 6.07 Å². The lowest BCUT2D eigenvalue weighted by atomic mass is 10.1. The third-order valence-electron chi connectivity index (χ3n) is 2.67. The maximum absolute atomic E-state index is 10.9. The fourth-order valence-corrected chi connectivity index (χ4v) is 1.86. The van der Waals surface area contributed by atoms with Crippen LogP contribution in [0.1, 0.15) is 10.4 Å². The zero-order valence-electron chi connectivity index (χ0n) is 8.94. The highest BCUT2D eigenvalue weighted by atomic mass is 16.4. The molecule has 0 radical (unpaired) electrons. The zero-order chi connectivity index (χ0) is 11.5. The maximum atomic E-state index is 10.9. The van der Waals surface area contributed by atoms with Crippen LogP contribution in [0, 0.1) is 0 Å². The number of aromatic carboxylic acids is 1. The Bertz CT molecular complexity index is 400. The number of carbonyl (C=O) groups is 1. The fraction of sp³-hybridized carbons (Fsp3) is 0.364. The van der Waals surface area contributed by atoms with Gasteiger partial charge in [-0.15, -0.1) is 0 Å². The monoisotopic (exact) mass is 221 g/mol. The first-order chi connectivity index (χ1) is 7.66. The first-order valence-electron chi connectivity index (χ1n) is 5.26. The molecular weight excluding hydrogens is 206 g/mol. The van der Waals surface area contributed by atoms with Crippen LogP contribution < -0.4 is 16.0 Å². The summed E-state index contributed by atoms with van der Waals surface area (Å²) < 4.78 is 0. The number of hydrogen-bond donors (Lipinski definition) is 3. The average Bonchev–Trinajstić information content (AvgIpc) is 2.29. The number of carboxylic acid groups (broad SMARTS) is 1. The summed E-state index contributed by atoms with van der Waals surface area (Å²) in [5.41, 5.74) is 7.32. The van der Waals surface area contributed by atoms with Crippen LogP contribution in [-0.4, -0.2) is 37.3 Å². The summed E-state index contributed by atoms with van der Waals surface area (Å²) in [6, 6.07) is 4.97. The number of nitrogens with zero attached hydrogens (tertiary/aromatic N) is 1. The normalized spacial score (nSPS) is 16.1. The van der Waals surface area contributed by atoms with Crippen molar-refractivity contribution in [2.45, 2.75) is 0 Å².